The highest BCUT2D eigenvalue weighted by Gasteiger charge is 2.16. The highest BCUT2D eigenvalue weighted by molar-refractivity contribution is 5.75. The number of benzene rings is 2. The average molecular weight is 340 g/mol. The third-order valence-electron chi connectivity index (χ3n) is 3.40. The maximum Gasteiger partial charge on any atom is 0.310 e. The third-order valence-corrected chi connectivity index (χ3v) is 3.40. The number of rotatable bonds is 6. The normalized spacial score (nSPS) is 11.3. The summed E-state index contributed by atoms with van der Waals surface area (Å²) in [7, 11) is 0. The van der Waals surface area contributed by atoms with Crippen LogP contribution in [0.5, 0.6) is 0 Å². The van der Waals surface area contributed by atoms with Crippen molar-refractivity contribution < 1.29 is 19.4 Å². The van der Waals surface area contributed by atoms with Crippen LogP contribution in [-0.2, 0) is 14.3 Å². The van der Waals surface area contributed by atoms with Gasteiger partial charge >= 0.3 is 11.9 Å². The summed E-state index contributed by atoms with van der Waals surface area (Å²) >= 11 is 0. The van der Waals surface area contributed by atoms with Gasteiger partial charge in [-0.3, -0.25) is 9.59 Å². The summed E-state index contributed by atoms with van der Waals surface area (Å²) in [5, 5.41) is 8.83. The Morgan fingerprint density at radius 3 is 2.08 bits per heavy atom. The number of carboxylic acid groups (broad SMARTS) is 1. The van der Waals surface area contributed by atoms with Crippen molar-refractivity contribution in [3.63, 3.8) is 0 Å². The van der Waals surface area contributed by atoms with Gasteiger partial charge in [-0.25, -0.2) is 0 Å². The molecule has 0 fully saturated rings. The predicted molar refractivity (Wildman–Crippen MR) is 99.2 cm³/mol. The number of carbonyl (C=O) groups is 2. The maximum absolute atomic E-state index is 10.7. The second-order valence-electron chi connectivity index (χ2n) is 5.33. The molecule has 0 saturated heterocycles. The molecule has 132 valence electrons. The van der Waals surface area contributed by atoms with Gasteiger partial charge in [0.05, 0.1) is 5.92 Å². The molecule has 0 heterocycles. The Balaban J connectivity index is 0.000000251. The first-order valence-corrected chi connectivity index (χ1v) is 8.17. The van der Waals surface area contributed by atoms with Crippen LogP contribution < -0.4 is 0 Å². The van der Waals surface area contributed by atoms with Crippen LogP contribution in [0.3, 0.4) is 0 Å². The first kappa shape index (κ1) is 20.2. The lowest BCUT2D eigenvalue weighted by Gasteiger charge is -2.08. The van der Waals surface area contributed by atoms with Gasteiger partial charge in [0.2, 0.25) is 0 Å². The highest BCUT2D eigenvalue weighted by Crippen LogP contribution is 2.18. The van der Waals surface area contributed by atoms with E-state index in [1.54, 1.807) is 0 Å². The van der Waals surface area contributed by atoms with Crippen LogP contribution in [0.25, 0.3) is 6.08 Å². The smallest absolute Gasteiger partial charge is 0.310 e. The molecule has 25 heavy (non-hydrogen) atoms. The number of carboxylic acids is 1. The Morgan fingerprint density at radius 1 is 1.04 bits per heavy atom. The van der Waals surface area contributed by atoms with E-state index in [2.05, 4.69) is 0 Å². The summed E-state index contributed by atoms with van der Waals surface area (Å²) in [5.74, 6) is -1.35. The van der Waals surface area contributed by atoms with E-state index < -0.39 is 5.97 Å². The minimum Gasteiger partial charge on any atom is -0.481 e. The lowest BCUT2D eigenvalue weighted by molar-refractivity contribution is -0.140. The van der Waals surface area contributed by atoms with Gasteiger partial charge in [-0.2, -0.15) is 0 Å². The van der Waals surface area contributed by atoms with Crippen LogP contribution in [0.4, 0.5) is 0 Å². The van der Waals surface area contributed by atoms with Gasteiger partial charge < -0.3 is 9.84 Å². The molecule has 2 aromatic rings. The van der Waals surface area contributed by atoms with Crippen LogP contribution in [-0.4, -0.2) is 23.7 Å². The lowest BCUT2D eigenvalue weighted by atomic mass is 9.97. The highest BCUT2D eigenvalue weighted by atomic mass is 16.5. The van der Waals surface area contributed by atoms with E-state index in [-0.39, 0.29) is 11.9 Å². The molecule has 0 aliphatic carbocycles. The van der Waals surface area contributed by atoms with Crippen molar-refractivity contribution in [3.05, 3.63) is 77.9 Å². The van der Waals surface area contributed by atoms with Gasteiger partial charge in [-0.1, -0.05) is 73.7 Å². The van der Waals surface area contributed by atoms with Gasteiger partial charge in [-0.05, 0) is 23.6 Å². The molecule has 0 aromatic heterocycles. The average Bonchev–Trinajstić information content (AvgIpc) is 2.61. The summed E-state index contributed by atoms with van der Waals surface area (Å²) in [5.41, 5.74) is 1.99. The summed E-state index contributed by atoms with van der Waals surface area (Å²) < 4.78 is 4.74. The SMILES string of the molecule is CC(=O)OCC=Cc1ccccc1.CCC(C(=O)O)c1ccccc1. The largest absolute Gasteiger partial charge is 0.481 e. The monoisotopic (exact) mass is 340 g/mol. The molecular formula is C21H24O4. The summed E-state index contributed by atoms with van der Waals surface area (Å²) in [6.45, 7) is 3.62. The molecule has 0 aliphatic rings. The van der Waals surface area contributed by atoms with Crippen molar-refractivity contribution in [3.8, 4) is 0 Å². The number of aliphatic carboxylic acids is 1. The third kappa shape index (κ3) is 8.51. The molecule has 0 saturated carbocycles. The van der Waals surface area contributed by atoms with E-state index in [1.807, 2.05) is 79.7 Å². The maximum atomic E-state index is 10.7. The van der Waals surface area contributed by atoms with Crippen LogP contribution in [0.1, 0.15) is 37.3 Å². The molecule has 1 atom stereocenters. The molecule has 1 unspecified atom stereocenters. The molecular weight excluding hydrogens is 316 g/mol. The number of carbonyl (C=O) groups excluding carboxylic acids is 1. The van der Waals surface area contributed by atoms with Crippen LogP contribution >= 0.6 is 0 Å². The minimum absolute atomic E-state index is 0.252. The fraction of sp³-hybridized carbons (Fsp3) is 0.238. The zero-order valence-corrected chi connectivity index (χ0v) is 14.6. The van der Waals surface area contributed by atoms with E-state index in [0.717, 1.165) is 11.1 Å². The van der Waals surface area contributed by atoms with Crippen LogP contribution in [0, 0.1) is 0 Å². The molecule has 2 aromatic carbocycles. The van der Waals surface area contributed by atoms with Crippen molar-refractivity contribution in [2.24, 2.45) is 0 Å². The van der Waals surface area contributed by atoms with E-state index in [4.69, 9.17) is 9.84 Å². The Labute approximate surface area is 148 Å². The molecule has 0 spiro atoms. The van der Waals surface area contributed by atoms with Crippen molar-refractivity contribution >= 4 is 18.0 Å². The van der Waals surface area contributed by atoms with Crippen LogP contribution in [0.15, 0.2) is 66.7 Å². The Kier molecular flexibility index (Phi) is 9.38. The second kappa shape index (κ2) is 11.6. The van der Waals surface area contributed by atoms with Crippen molar-refractivity contribution in [1.82, 2.24) is 0 Å². The van der Waals surface area contributed by atoms with Gasteiger partial charge in [0.15, 0.2) is 0 Å². The Morgan fingerprint density at radius 2 is 1.60 bits per heavy atom. The van der Waals surface area contributed by atoms with Gasteiger partial charge in [0.25, 0.3) is 0 Å². The second-order valence-corrected chi connectivity index (χ2v) is 5.33. The van der Waals surface area contributed by atoms with Crippen LogP contribution in [0.2, 0.25) is 0 Å². The van der Waals surface area contributed by atoms with E-state index in [9.17, 15) is 9.59 Å². The molecule has 1 N–H and O–H groups in total. The number of ether oxygens (including phenoxy) is 1. The first-order chi connectivity index (χ1) is 12.0. The summed E-state index contributed by atoms with van der Waals surface area (Å²) in [6, 6.07) is 19.2. The summed E-state index contributed by atoms with van der Waals surface area (Å²) in [4.78, 5) is 21.1. The minimum atomic E-state index is -0.747. The van der Waals surface area contributed by atoms with Gasteiger partial charge in [0, 0.05) is 6.92 Å². The quantitative estimate of drug-likeness (QED) is 0.785. The molecule has 0 radical (unpaired) electrons. The zero-order valence-electron chi connectivity index (χ0n) is 14.6. The first-order valence-electron chi connectivity index (χ1n) is 8.17. The van der Waals surface area contributed by atoms with E-state index in [0.29, 0.717) is 13.0 Å². The molecule has 0 bridgehead atoms. The van der Waals surface area contributed by atoms with E-state index in [1.165, 1.54) is 6.92 Å². The fourth-order valence-corrected chi connectivity index (χ4v) is 2.15. The lowest BCUT2D eigenvalue weighted by Crippen LogP contribution is -2.09. The standard InChI is InChI=1S/C11H12O2.C10H12O2/c1-10(12)13-9-5-8-11-6-3-2-4-7-11;1-2-9(10(11)12)8-6-4-3-5-7-8/h2-8H,9H2,1H3;3-7,9H,2H2,1H3,(H,11,12). The van der Waals surface area contributed by atoms with Gasteiger partial charge in [-0.15, -0.1) is 0 Å². The Hall–Kier alpha value is -2.88. The predicted octanol–water partition coefficient (Wildman–Crippen LogP) is 4.53. The van der Waals surface area contributed by atoms with E-state index >= 15 is 0 Å². The molecule has 0 aliphatic heterocycles. The Bertz CT molecular complexity index is 663. The number of hydrogen-bond acceptors (Lipinski definition) is 3. The molecule has 4 heteroatoms. The summed E-state index contributed by atoms with van der Waals surface area (Å²) in [6.07, 6.45) is 4.37. The topological polar surface area (TPSA) is 63.6 Å². The van der Waals surface area contributed by atoms with Crippen molar-refractivity contribution in [1.29, 1.82) is 0 Å². The van der Waals surface area contributed by atoms with Gasteiger partial charge in [0.1, 0.15) is 6.61 Å². The molecule has 4 nitrogen and oxygen atoms in total. The fourth-order valence-electron chi connectivity index (χ4n) is 2.15. The molecule has 0 amide bonds. The zero-order chi connectivity index (χ0) is 18.5. The number of esters is 1. The number of hydrogen-bond donors (Lipinski definition) is 1. The van der Waals surface area contributed by atoms with Crippen molar-refractivity contribution in [2.75, 3.05) is 6.61 Å². The molecule has 2 rings (SSSR count). The van der Waals surface area contributed by atoms with Crippen molar-refractivity contribution in [2.45, 2.75) is 26.2 Å².